The van der Waals surface area contributed by atoms with Crippen molar-refractivity contribution in [3.8, 4) is 11.1 Å². The van der Waals surface area contributed by atoms with Gasteiger partial charge in [-0.2, -0.15) is 0 Å². The van der Waals surface area contributed by atoms with Crippen LogP contribution in [0.15, 0.2) is 48.5 Å². The highest BCUT2D eigenvalue weighted by Gasteiger charge is 2.33. The number of carbonyl (C=O) groups excluding carboxylic acids is 6. The molecule has 1 aliphatic carbocycles. The van der Waals surface area contributed by atoms with E-state index in [2.05, 4.69) is 21.3 Å². The number of aliphatic carboxylic acids is 2. The van der Waals surface area contributed by atoms with Gasteiger partial charge in [0.15, 0.2) is 0 Å². The van der Waals surface area contributed by atoms with Crippen molar-refractivity contribution in [2.75, 3.05) is 19.7 Å². The predicted octanol–water partition coefficient (Wildman–Crippen LogP) is -0.814. The minimum absolute atomic E-state index is 0.0182. The van der Waals surface area contributed by atoms with Crippen molar-refractivity contribution < 1.29 is 53.3 Å². The molecule has 0 saturated carbocycles. The Bertz CT molecular complexity index is 1570. The van der Waals surface area contributed by atoms with E-state index in [0.29, 0.717) is 0 Å². The van der Waals surface area contributed by atoms with E-state index >= 15 is 0 Å². The molecule has 0 radical (unpaired) electrons. The molecule has 0 saturated heterocycles. The summed E-state index contributed by atoms with van der Waals surface area (Å²) >= 11 is 0. The molecule has 17 nitrogen and oxygen atoms in total. The summed E-state index contributed by atoms with van der Waals surface area (Å²) in [6.07, 6.45) is -2.47. The average Bonchev–Trinajstić information content (AvgIpc) is 3.36. The van der Waals surface area contributed by atoms with Gasteiger partial charge < -0.3 is 47.3 Å². The average molecular weight is 683 g/mol. The Labute approximate surface area is 280 Å². The summed E-state index contributed by atoms with van der Waals surface area (Å²) in [6.45, 7) is 1.58. The van der Waals surface area contributed by atoms with Crippen molar-refractivity contribution in [2.45, 2.75) is 50.7 Å². The highest BCUT2D eigenvalue weighted by Crippen LogP contribution is 2.44. The lowest BCUT2D eigenvalue weighted by Gasteiger charge is -2.25. The first-order chi connectivity index (χ1) is 23.2. The molecule has 3 rings (SSSR count). The van der Waals surface area contributed by atoms with Gasteiger partial charge in [0, 0.05) is 5.92 Å². The maximum absolute atomic E-state index is 13.2. The van der Waals surface area contributed by atoms with Crippen LogP contribution in [0.3, 0.4) is 0 Å². The van der Waals surface area contributed by atoms with Crippen molar-refractivity contribution in [1.29, 1.82) is 0 Å². The molecule has 2 aromatic rings. The van der Waals surface area contributed by atoms with E-state index < -0.39 is 97.5 Å². The van der Waals surface area contributed by atoms with E-state index in [0.717, 1.165) is 22.3 Å². The molecule has 0 fully saturated rings. The van der Waals surface area contributed by atoms with Crippen LogP contribution >= 0.6 is 0 Å². The monoisotopic (exact) mass is 682 g/mol. The Morgan fingerprint density at radius 3 is 1.76 bits per heavy atom. The maximum Gasteiger partial charge on any atom is 0.407 e. The quantitative estimate of drug-likeness (QED) is 0.102. The Morgan fingerprint density at radius 1 is 0.714 bits per heavy atom. The Kier molecular flexibility index (Phi) is 13.2. The summed E-state index contributed by atoms with van der Waals surface area (Å²) in [5.74, 6) is -8.62. The number of rotatable bonds is 17. The van der Waals surface area contributed by atoms with Crippen molar-refractivity contribution in [1.82, 2.24) is 26.6 Å². The molecule has 3 atom stereocenters. The van der Waals surface area contributed by atoms with Gasteiger partial charge in [0.1, 0.15) is 31.3 Å². The van der Waals surface area contributed by atoms with Gasteiger partial charge in [-0.3, -0.25) is 33.6 Å². The lowest BCUT2D eigenvalue weighted by molar-refractivity contribution is -0.141. The van der Waals surface area contributed by atoms with Crippen LogP contribution in [0.25, 0.3) is 11.1 Å². The smallest absolute Gasteiger partial charge is 0.407 e. The fourth-order valence-corrected chi connectivity index (χ4v) is 5.18. The van der Waals surface area contributed by atoms with Gasteiger partial charge >= 0.3 is 18.0 Å². The lowest BCUT2D eigenvalue weighted by atomic mass is 9.98. The van der Waals surface area contributed by atoms with Gasteiger partial charge in [-0.25, -0.2) is 4.79 Å². The molecular weight excluding hydrogens is 644 g/mol. The van der Waals surface area contributed by atoms with Crippen LogP contribution in [0.1, 0.15) is 43.7 Å². The number of carbonyl (C=O) groups is 8. The summed E-state index contributed by atoms with van der Waals surface area (Å²) in [4.78, 5) is 97.1. The highest BCUT2D eigenvalue weighted by molar-refractivity contribution is 5.96. The third-order valence-electron chi connectivity index (χ3n) is 7.47. The number of ether oxygens (including phenoxy) is 1. The first kappa shape index (κ1) is 37.5. The number of carboxylic acid groups (broad SMARTS) is 2. The number of amides is 6. The molecule has 0 aromatic heterocycles. The largest absolute Gasteiger partial charge is 0.481 e. The van der Waals surface area contributed by atoms with E-state index in [1.165, 1.54) is 0 Å². The number of hydrogen-bond acceptors (Lipinski definition) is 9. The zero-order valence-corrected chi connectivity index (χ0v) is 26.7. The van der Waals surface area contributed by atoms with Crippen molar-refractivity contribution in [3.63, 3.8) is 0 Å². The molecular formula is C32H38N6O11. The van der Waals surface area contributed by atoms with Gasteiger partial charge in [0.2, 0.25) is 29.5 Å². The number of alkyl carbamates (subject to hydrolysis) is 1. The second-order valence-corrected chi connectivity index (χ2v) is 11.5. The molecule has 6 amide bonds. The number of hydrogen-bond donors (Lipinski definition) is 8. The molecule has 3 unspecified atom stereocenters. The second-order valence-electron chi connectivity index (χ2n) is 11.5. The maximum atomic E-state index is 13.2. The van der Waals surface area contributed by atoms with E-state index in [4.69, 9.17) is 20.7 Å². The van der Waals surface area contributed by atoms with Crippen LogP contribution in [0.2, 0.25) is 0 Å². The Balaban J connectivity index is 1.60. The minimum Gasteiger partial charge on any atom is -0.481 e. The zero-order valence-electron chi connectivity index (χ0n) is 26.7. The molecule has 262 valence electrons. The number of primary amides is 1. The molecule has 49 heavy (non-hydrogen) atoms. The number of carboxylic acids is 2. The van der Waals surface area contributed by atoms with Gasteiger partial charge in [-0.1, -0.05) is 62.4 Å². The van der Waals surface area contributed by atoms with Crippen LogP contribution in [-0.4, -0.2) is 95.6 Å². The van der Waals surface area contributed by atoms with E-state index in [1.807, 2.05) is 53.8 Å². The fraction of sp³-hybridized carbons (Fsp3) is 0.375. The summed E-state index contributed by atoms with van der Waals surface area (Å²) in [5, 5.41) is 28.7. The van der Waals surface area contributed by atoms with Crippen LogP contribution in [-0.2, 0) is 38.3 Å². The molecule has 17 heteroatoms. The zero-order chi connectivity index (χ0) is 36.2. The molecule has 0 aliphatic heterocycles. The van der Waals surface area contributed by atoms with Crippen LogP contribution in [0.4, 0.5) is 4.79 Å². The van der Waals surface area contributed by atoms with E-state index in [9.17, 15) is 38.4 Å². The third-order valence-corrected chi connectivity index (χ3v) is 7.47. The van der Waals surface area contributed by atoms with Crippen LogP contribution in [0, 0.1) is 5.92 Å². The number of fused-ring (bicyclic) bond motifs is 3. The summed E-state index contributed by atoms with van der Waals surface area (Å²) < 4.78 is 5.53. The van der Waals surface area contributed by atoms with Crippen molar-refractivity contribution >= 4 is 47.6 Å². The molecule has 0 heterocycles. The summed E-state index contributed by atoms with van der Waals surface area (Å²) in [5.41, 5.74) is 9.30. The Morgan fingerprint density at radius 2 is 1.24 bits per heavy atom. The SMILES string of the molecule is CC(C)C(NC(=O)OCC1c2ccccc2-c2ccccc21)C(=O)NC(CC(N)=O)C(=O)NCC(=O)NC(CC(=O)O)C(=O)NCC(=O)O. The molecule has 0 bridgehead atoms. The van der Waals surface area contributed by atoms with Crippen LogP contribution in [0.5, 0.6) is 0 Å². The molecule has 1 aliphatic rings. The minimum atomic E-state index is -1.67. The number of benzene rings is 2. The topological polar surface area (TPSA) is 272 Å². The summed E-state index contributed by atoms with van der Waals surface area (Å²) in [7, 11) is 0. The second kappa shape index (κ2) is 17.2. The van der Waals surface area contributed by atoms with Crippen molar-refractivity contribution in [3.05, 3.63) is 59.7 Å². The fourth-order valence-electron chi connectivity index (χ4n) is 5.18. The number of nitrogens with one attached hydrogen (secondary N) is 5. The van der Waals surface area contributed by atoms with Gasteiger partial charge in [-0.05, 0) is 28.2 Å². The normalized spacial score (nSPS) is 13.4. The molecule has 2 aromatic carbocycles. The van der Waals surface area contributed by atoms with Gasteiger partial charge in [0.25, 0.3) is 0 Å². The van der Waals surface area contributed by atoms with Gasteiger partial charge in [-0.15, -0.1) is 0 Å². The van der Waals surface area contributed by atoms with Crippen molar-refractivity contribution in [2.24, 2.45) is 11.7 Å². The predicted molar refractivity (Wildman–Crippen MR) is 170 cm³/mol. The molecule has 9 N–H and O–H groups in total. The van der Waals surface area contributed by atoms with E-state index in [-0.39, 0.29) is 12.5 Å². The van der Waals surface area contributed by atoms with Gasteiger partial charge in [0.05, 0.1) is 19.4 Å². The molecule has 0 spiro atoms. The van der Waals surface area contributed by atoms with Crippen LogP contribution < -0.4 is 32.3 Å². The third kappa shape index (κ3) is 10.8. The Hall–Kier alpha value is -6.00. The standard InChI is InChI=1S/C32H38N6O11/c1-16(2)28(38-32(48)49-15-21-19-9-5-3-7-17(19)18-8-4-6-10-20(18)21)31(47)37-22(11-24(33)39)29(45)34-13-25(40)36-23(12-26(41)42)30(46)35-14-27(43)44/h3-10,16,21-23,28H,11-15H2,1-2H3,(H2,33,39)(H,34,45)(H,35,46)(H,36,40)(H,37,47)(H,38,48)(H,41,42)(H,43,44). The first-order valence-electron chi connectivity index (χ1n) is 15.2. The lowest BCUT2D eigenvalue weighted by Crippen LogP contribution is -2.57. The van der Waals surface area contributed by atoms with E-state index in [1.54, 1.807) is 13.8 Å². The highest BCUT2D eigenvalue weighted by atomic mass is 16.5. The first-order valence-corrected chi connectivity index (χ1v) is 15.2. The number of nitrogens with two attached hydrogens (primary N) is 1. The summed E-state index contributed by atoms with van der Waals surface area (Å²) in [6, 6.07) is 11.0.